The van der Waals surface area contributed by atoms with Crippen LogP contribution in [0.3, 0.4) is 0 Å². The zero-order valence-corrected chi connectivity index (χ0v) is 16.6. The standard InChI is InChI=1S/C20H21Cl2NO4/c1-3-4-12(2)20(26)23-14-5-7-15(8-6-14)27-19-16(21)9-13(10-17(19)22)11-18(24)25/h5-10,12H,3-4,11H2,1-2H3,(H,23,26)(H,24,25). The quantitative estimate of drug-likeness (QED) is 0.578. The third-order valence-electron chi connectivity index (χ3n) is 3.92. The first kappa shape index (κ1) is 21.1. The van der Waals surface area contributed by atoms with Crippen molar-refractivity contribution in [1.82, 2.24) is 0 Å². The van der Waals surface area contributed by atoms with E-state index < -0.39 is 5.97 Å². The maximum Gasteiger partial charge on any atom is 0.307 e. The highest BCUT2D eigenvalue weighted by Gasteiger charge is 2.14. The van der Waals surface area contributed by atoms with Crippen molar-refractivity contribution in [2.75, 3.05) is 5.32 Å². The second kappa shape index (κ2) is 9.62. The fraction of sp³-hybridized carbons (Fsp3) is 0.300. The van der Waals surface area contributed by atoms with Gasteiger partial charge in [0.05, 0.1) is 16.5 Å². The van der Waals surface area contributed by atoms with E-state index in [1.807, 2.05) is 13.8 Å². The minimum atomic E-state index is -0.971. The SMILES string of the molecule is CCCC(C)C(=O)Nc1ccc(Oc2c(Cl)cc(CC(=O)O)cc2Cl)cc1. The Morgan fingerprint density at radius 1 is 1.15 bits per heavy atom. The summed E-state index contributed by atoms with van der Waals surface area (Å²) in [5.74, 6) is -0.301. The molecule has 0 bridgehead atoms. The molecule has 27 heavy (non-hydrogen) atoms. The van der Waals surface area contributed by atoms with E-state index in [9.17, 15) is 9.59 Å². The van der Waals surface area contributed by atoms with Gasteiger partial charge >= 0.3 is 5.97 Å². The highest BCUT2D eigenvalue weighted by molar-refractivity contribution is 6.37. The summed E-state index contributed by atoms with van der Waals surface area (Å²) >= 11 is 12.3. The monoisotopic (exact) mass is 409 g/mol. The summed E-state index contributed by atoms with van der Waals surface area (Å²) in [7, 11) is 0. The molecule has 1 amide bonds. The molecular weight excluding hydrogens is 389 g/mol. The molecule has 144 valence electrons. The first-order chi connectivity index (χ1) is 12.8. The zero-order valence-electron chi connectivity index (χ0n) is 15.1. The minimum Gasteiger partial charge on any atom is -0.481 e. The van der Waals surface area contributed by atoms with E-state index in [0.29, 0.717) is 17.0 Å². The average molecular weight is 410 g/mol. The largest absolute Gasteiger partial charge is 0.481 e. The minimum absolute atomic E-state index is 0.0226. The molecule has 0 radical (unpaired) electrons. The van der Waals surface area contributed by atoms with Gasteiger partial charge in [-0.3, -0.25) is 9.59 Å². The third kappa shape index (κ3) is 6.15. The summed E-state index contributed by atoms with van der Waals surface area (Å²) in [6.45, 7) is 3.94. The van der Waals surface area contributed by atoms with Gasteiger partial charge in [-0.15, -0.1) is 0 Å². The number of amides is 1. The maximum atomic E-state index is 12.1. The Bertz CT molecular complexity index is 798. The second-order valence-electron chi connectivity index (χ2n) is 6.26. The summed E-state index contributed by atoms with van der Waals surface area (Å²) < 4.78 is 5.72. The van der Waals surface area contributed by atoms with E-state index in [1.165, 1.54) is 12.1 Å². The molecule has 0 saturated heterocycles. The summed E-state index contributed by atoms with van der Waals surface area (Å²) in [5.41, 5.74) is 1.16. The van der Waals surface area contributed by atoms with E-state index in [0.717, 1.165) is 12.8 Å². The van der Waals surface area contributed by atoms with Gasteiger partial charge < -0.3 is 15.2 Å². The summed E-state index contributed by atoms with van der Waals surface area (Å²) in [6.07, 6.45) is 1.61. The Morgan fingerprint density at radius 3 is 2.26 bits per heavy atom. The predicted octanol–water partition coefficient (Wildman–Crippen LogP) is 5.79. The molecule has 1 unspecified atom stereocenters. The molecule has 0 aliphatic rings. The molecule has 2 N–H and O–H groups in total. The molecule has 5 nitrogen and oxygen atoms in total. The number of benzene rings is 2. The number of anilines is 1. The van der Waals surface area contributed by atoms with Gasteiger partial charge in [-0.25, -0.2) is 0 Å². The zero-order chi connectivity index (χ0) is 20.0. The normalized spacial score (nSPS) is 11.7. The van der Waals surface area contributed by atoms with E-state index in [-0.39, 0.29) is 34.0 Å². The smallest absolute Gasteiger partial charge is 0.307 e. The Balaban J connectivity index is 2.08. The van der Waals surface area contributed by atoms with E-state index >= 15 is 0 Å². The van der Waals surface area contributed by atoms with Crippen LogP contribution in [-0.4, -0.2) is 17.0 Å². The number of carboxylic acids is 1. The highest BCUT2D eigenvalue weighted by atomic mass is 35.5. The molecule has 0 aliphatic heterocycles. The Labute approximate surface area is 168 Å². The number of nitrogens with one attached hydrogen (secondary N) is 1. The van der Waals surface area contributed by atoms with Crippen molar-refractivity contribution in [1.29, 1.82) is 0 Å². The lowest BCUT2D eigenvalue weighted by atomic mass is 10.1. The Kier molecular flexibility index (Phi) is 7.51. The molecule has 0 aromatic heterocycles. The number of halogens is 2. The molecule has 0 heterocycles. The predicted molar refractivity (Wildman–Crippen MR) is 107 cm³/mol. The van der Waals surface area contributed by atoms with Crippen molar-refractivity contribution in [2.24, 2.45) is 5.92 Å². The van der Waals surface area contributed by atoms with Crippen LogP contribution in [0, 0.1) is 5.92 Å². The van der Waals surface area contributed by atoms with Gasteiger partial charge in [0.25, 0.3) is 0 Å². The average Bonchev–Trinajstić information content (AvgIpc) is 2.59. The van der Waals surface area contributed by atoms with Crippen molar-refractivity contribution in [2.45, 2.75) is 33.1 Å². The molecule has 2 aromatic rings. The van der Waals surface area contributed by atoms with Crippen LogP contribution in [0.1, 0.15) is 32.3 Å². The second-order valence-corrected chi connectivity index (χ2v) is 7.08. The van der Waals surface area contributed by atoms with Gasteiger partial charge in [-0.2, -0.15) is 0 Å². The van der Waals surface area contributed by atoms with Gasteiger partial charge in [0, 0.05) is 11.6 Å². The number of carbonyl (C=O) groups is 2. The third-order valence-corrected chi connectivity index (χ3v) is 4.49. The summed E-state index contributed by atoms with van der Waals surface area (Å²) in [5, 5.41) is 12.2. The van der Waals surface area contributed by atoms with Crippen LogP contribution in [0.5, 0.6) is 11.5 Å². The van der Waals surface area contributed by atoms with Crippen molar-refractivity contribution >= 4 is 40.8 Å². The number of carboxylic acid groups (broad SMARTS) is 1. The highest BCUT2D eigenvalue weighted by Crippen LogP contribution is 2.37. The number of carbonyl (C=O) groups excluding carboxylic acids is 1. The van der Waals surface area contributed by atoms with Crippen LogP contribution >= 0.6 is 23.2 Å². The number of hydrogen-bond donors (Lipinski definition) is 2. The number of aliphatic carboxylic acids is 1. The molecule has 7 heteroatoms. The molecular formula is C20H21Cl2NO4. The molecule has 2 aromatic carbocycles. The molecule has 2 rings (SSSR count). The van der Waals surface area contributed by atoms with Crippen molar-refractivity contribution in [3.63, 3.8) is 0 Å². The summed E-state index contributed by atoms with van der Waals surface area (Å²) in [4.78, 5) is 22.9. The fourth-order valence-electron chi connectivity index (χ4n) is 2.54. The molecule has 1 atom stereocenters. The molecule has 0 saturated carbocycles. The lowest BCUT2D eigenvalue weighted by Crippen LogP contribution is -2.20. The maximum absolute atomic E-state index is 12.1. The van der Waals surface area contributed by atoms with Crippen LogP contribution in [0.2, 0.25) is 10.0 Å². The van der Waals surface area contributed by atoms with E-state index in [1.54, 1.807) is 24.3 Å². The van der Waals surface area contributed by atoms with Crippen LogP contribution in [0.25, 0.3) is 0 Å². The van der Waals surface area contributed by atoms with Gasteiger partial charge in [0.2, 0.25) is 5.91 Å². The lowest BCUT2D eigenvalue weighted by Gasteiger charge is -2.13. The van der Waals surface area contributed by atoms with Gasteiger partial charge in [-0.05, 0) is 48.4 Å². The fourth-order valence-corrected chi connectivity index (χ4v) is 3.15. The van der Waals surface area contributed by atoms with Crippen molar-refractivity contribution < 1.29 is 19.4 Å². The van der Waals surface area contributed by atoms with Crippen LogP contribution in [-0.2, 0) is 16.0 Å². The lowest BCUT2D eigenvalue weighted by molar-refractivity contribution is -0.136. The molecule has 0 spiro atoms. The first-order valence-corrected chi connectivity index (χ1v) is 9.34. The molecule has 0 fully saturated rings. The Morgan fingerprint density at radius 2 is 1.74 bits per heavy atom. The number of hydrogen-bond acceptors (Lipinski definition) is 3. The summed E-state index contributed by atoms with van der Waals surface area (Å²) in [6, 6.07) is 9.87. The van der Waals surface area contributed by atoms with Gasteiger partial charge in [-0.1, -0.05) is 43.5 Å². The number of rotatable bonds is 8. The number of ether oxygens (including phenoxy) is 1. The van der Waals surface area contributed by atoms with E-state index in [4.69, 9.17) is 33.0 Å². The van der Waals surface area contributed by atoms with Crippen LogP contribution in [0.4, 0.5) is 5.69 Å². The van der Waals surface area contributed by atoms with Crippen LogP contribution < -0.4 is 10.1 Å². The first-order valence-electron chi connectivity index (χ1n) is 8.58. The van der Waals surface area contributed by atoms with Crippen LogP contribution in [0.15, 0.2) is 36.4 Å². The van der Waals surface area contributed by atoms with Crippen molar-refractivity contribution in [3.8, 4) is 11.5 Å². The van der Waals surface area contributed by atoms with Crippen molar-refractivity contribution in [3.05, 3.63) is 52.0 Å². The van der Waals surface area contributed by atoms with Gasteiger partial charge in [0.1, 0.15) is 5.75 Å². The van der Waals surface area contributed by atoms with E-state index in [2.05, 4.69) is 5.32 Å². The topological polar surface area (TPSA) is 75.6 Å². The Hall–Kier alpha value is -2.24. The van der Waals surface area contributed by atoms with Gasteiger partial charge in [0.15, 0.2) is 5.75 Å². The molecule has 0 aliphatic carbocycles.